The van der Waals surface area contributed by atoms with Gasteiger partial charge in [0.1, 0.15) is 0 Å². The number of allylic oxidation sites excluding steroid dienone is 2. The standard InChI is InChI=1S/C31H52O3/c1-20(11-10-16-27(2,3)34-9)26-23(32)19-31(8)24-14-12-21-22(13-15-25(33)28(21,4)5)29(24,6)17-18-30(26,31)7/h12-13,20,23-26,32-33H,10-11,14-19H2,1-9H3/t20-,23+,24-,25+,26+,29+,30-,31+/m1/s1. The Morgan fingerprint density at radius 1 is 1.00 bits per heavy atom. The van der Waals surface area contributed by atoms with Crippen molar-refractivity contribution in [3.05, 3.63) is 23.3 Å². The highest BCUT2D eigenvalue weighted by molar-refractivity contribution is 5.48. The molecule has 2 saturated carbocycles. The minimum Gasteiger partial charge on any atom is -0.393 e. The van der Waals surface area contributed by atoms with Crippen molar-refractivity contribution in [3.63, 3.8) is 0 Å². The Bertz CT molecular complexity index is 853. The molecule has 34 heavy (non-hydrogen) atoms. The van der Waals surface area contributed by atoms with Crippen LogP contribution in [0.1, 0.15) is 107 Å². The minimum absolute atomic E-state index is 0.0692. The van der Waals surface area contributed by atoms with Crippen LogP contribution in [0.25, 0.3) is 0 Å². The molecule has 0 aromatic carbocycles. The number of aliphatic hydroxyl groups is 2. The quantitative estimate of drug-likeness (QED) is 0.434. The highest BCUT2D eigenvalue weighted by Crippen LogP contribution is 2.74. The van der Waals surface area contributed by atoms with E-state index in [0.717, 1.165) is 38.5 Å². The smallest absolute Gasteiger partial charge is 0.0666 e. The number of aliphatic hydroxyl groups excluding tert-OH is 2. The average Bonchev–Trinajstić information content (AvgIpc) is 2.96. The van der Waals surface area contributed by atoms with Gasteiger partial charge in [0.25, 0.3) is 0 Å². The van der Waals surface area contributed by atoms with Gasteiger partial charge in [-0.05, 0) is 97.5 Å². The molecule has 4 rings (SSSR count). The van der Waals surface area contributed by atoms with Crippen LogP contribution in [-0.4, -0.2) is 35.1 Å². The first kappa shape index (κ1) is 26.4. The fourth-order valence-corrected chi connectivity index (χ4v) is 9.28. The van der Waals surface area contributed by atoms with Gasteiger partial charge in [0.2, 0.25) is 0 Å². The second-order valence-electron chi connectivity index (χ2n) is 14.4. The van der Waals surface area contributed by atoms with Gasteiger partial charge in [-0.25, -0.2) is 0 Å². The molecule has 4 aliphatic carbocycles. The molecule has 2 fully saturated rings. The number of ether oxygens (including phenoxy) is 1. The van der Waals surface area contributed by atoms with Crippen molar-refractivity contribution in [1.29, 1.82) is 0 Å². The zero-order valence-electron chi connectivity index (χ0n) is 23.5. The molecule has 0 unspecified atom stereocenters. The lowest BCUT2D eigenvalue weighted by Crippen LogP contribution is -2.56. The highest BCUT2D eigenvalue weighted by atomic mass is 16.5. The molecule has 0 amide bonds. The first-order valence-electron chi connectivity index (χ1n) is 14.0. The molecule has 0 aromatic rings. The van der Waals surface area contributed by atoms with Crippen LogP contribution in [0.4, 0.5) is 0 Å². The van der Waals surface area contributed by atoms with E-state index in [0.29, 0.717) is 17.8 Å². The van der Waals surface area contributed by atoms with E-state index in [1.165, 1.54) is 24.0 Å². The normalized spacial score (nSPS) is 44.4. The minimum atomic E-state index is -0.297. The van der Waals surface area contributed by atoms with Gasteiger partial charge in [-0.2, -0.15) is 0 Å². The van der Waals surface area contributed by atoms with Gasteiger partial charge < -0.3 is 14.9 Å². The molecule has 0 bridgehead atoms. The van der Waals surface area contributed by atoms with Gasteiger partial charge in [0, 0.05) is 12.5 Å². The van der Waals surface area contributed by atoms with Gasteiger partial charge in [0.15, 0.2) is 0 Å². The maximum atomic E-state index is 11.6. The van der Waals surface area contributed by atoms with Crippen LogP contribution in [0.15, 0.2) is 23.3 Å². The zero-order valence-corrected chi connectivity index (χ0v) is 23.5. The van der Waals surface area contributed by atoms with Crippen LogP contribution in [0.2, 0.25) is 0 Å². The Balaban J connectivity index is 1.61. The van der Waals surface area contributed by atoms with Crippen LogP contribution in [0.5, 0.6) is 0 Å². The van der Waals surface area contributed by atoms with Crippen molar-refractivity contribution in [2.45, 2.75) is 125 Å². The second-order valence-corrected chi connectivity index (χ2v) is 14.4. The molecule has 4 aliphatic rings. The third-order valence-corrected chi connectivity index (χ3v) is 11.9. The lowest BCUT2D eigenvalue weighted by molar-refractivity contribution is -0.106. The van der Waals surface area contributed by atoms with Gasteiger partial charge in [0.05, 0.1) is 17.8 Å². The van der Waals surface area contributed by atoms with Crippen LogP contribution in [0, 0.1) is 39.4 Å². The monoisotopic (exact) mass is 472 g/mol. The first-order valence-corrected chi connectivity index (χ1v) is 14.0. The molecule has 0 radical (unpaired) electrons. The predicted molar refractivity (Wildman–Crippen MR) is 140 cm³/mol. The molecule has 3 heteroatoms. The molecule has 0 spiro atoms. The van der Waals surface area contributed by atoms with E-state index in [1.807, 2.05) is 7.11 Å². The van der Waals surface area contributed by atoms with Crippen molar-refractivity contribution in [3.8, 4) is 0 Å². The SMILES string of the molecule is COC(C)(C)CCC[C@@H](C)[C@H]1[C@@H](O)C[C@@]2(C)[C@@H]3CC=C4C(=CC[C@H](O)C4(C)C)[C@]3(C)CC[C@]12C. The van der Waals surface area contributed by atoms with Crippen molar-refractivity contribution in [2.24, 2.45) is 39.4 Å². The van der Waals surface area contributed by atoms with Gasteiger partial charge in [-0.1, -0.05) is 66.5 Å². The summed E-state index contributed by atoms with van der Waals surface area (Å²) in [7, 11) is 1.81. The third-order valence-electron chi connectivity index (χ3n) is 11.9. The molecule has 0 heterocycles. The van der Waals surface area contributed by atoms with E-state index in [-0.39, 0.29) is 39.5 Å². The number of rotatable bonds is 6. The largest absolute Gasteiger partial charge is 0.393 e. The van der Waals surface area contributed by atoms with E-state index >= 15 is 0 Å². The zero-order chi connectivity index (χ0) is 25.3. The molecule has 3 nitrogen and oxygen atoms in total. The lowest BCUT2D eigenvalue weighted by Gasteiger charge is -2.63. The van der Waals surface area contributed by atoms with Crippen LogP contribution in [0.3, 0.4) is 0 Å². The van der Waals surface area contributed by atoms with Crippen molar-refractivity contribution in [1.82, 2.24) is 0 Å². The molecule has 0 aromatic heterocycles. The average molecular weight is 473 g/mol. The number of hydrogen-bond donors (Lipinski definition) is 2. The summed E-state index contributed by atoms with van der Waals surface area (Å²) in [4.78, 5) is 0. The third kappa shape index (κ3) is 3.70. The predicted octanol–water partition coefficient (Wildman–Crippen LogP) is 7.07. The molecular weight excluding hydrogens is 420 g/mol. The van der Waals surface area contributed by atoms with E-state index < -0.39 is 0 Å². The topological polar surface area (TPSA) is 49.7 Å². The second kappa shape index (κ2) is 8.45. The summed E-state index contributed by atoms with van der Waals surface area (Å²) in [5.74, 6) is 1.41. The van der Waals surface area contributed by atoms with E-state index in [2.05, 4.69) is 67.5 Å². The first-order chi connectivity index (χ1) is 15.6. The van der Waals surface area contributed by atoms with Crippen LogP contribution >= 0.6 is 0 Å². The lowest BCUT2D eigenvalue weighted by atomic mass is 9.41. The number of methoxy groups -OCH3 is 1. The Labute approximate surface area is 209 Å². The Morgan fingerprint density at radius 2 is 1.65 bits per heavy atom. The molecule has 194 valence electrons. The van der Waals surface area contributed by atoms with Crippen molar-refractivity contribution >= 4 is 0 Å². The van der Waals surface area contributed by atoms with E-state index in [1.54, 1.807) is 0 Å². The molecule has 2 N–H and O–H groups in total. The summed E-state index contributed by atoms with van der Waals surface area (Å²) in [5, 5.41) is 22.3. The summed E-state index contributed by atoms with van der Waals surface area (Å²) >= 11 is 0. The molecule has 8 atom stereocenters. The van der Waals surface area contributed by atoms with Gasteiger partial charge in [-0.3, -0.25) is 0 Å². The van der Waals surface area contributed by atoms with E-state index in [9.17, 15) is 10.2 Å². The van der Waals surface area contributed by atoms with Gasteiger partial charge in [-0.15, -0.1) is 0 Å². The summed E-state index contributed by atoms with van der Waals surface area (Å²) in [5.41, 5.74) is 3.06. The highest BCUT2D eigenvalue weighted by Gasteiger charge is 2.68. The van der Waals surface area contributed by atoms with Crippen molar-refractivity contribution in [2.75, 3.05) is 7.11 Å². The molecule has 0 aliphatic heterocycles. The Morgan fingerprint density at radius 3 is 2.29 bits per heavy atom. The molecular formula is C31H52O3. The molecule has 0 saturated heterocycles. The summed E-state index contributed by atoms with van der Waals surface area (Å²) in [6, 6.07) is 0. The maximum absolute atomic E-state index is 11.6. The fraction of sp³-hybridized carbons (Fsp3) is 0.871. The Kier molecular flexibility index (Phi) is 6.57. The van der Waals surface area contributed by atoms with Crippen molar-refractivity contribution < 1.29 is 14.9 Å². The summed E-state index contributed by atoms with van der Waals surface area (Å²) in [6.07, 6.45) is 12.8. The number of fused-ring (bicyclic) bond motifs is 5. The maximum Gasteiger partial charge on any atom is 0.0666 e. The Hall–Kier alpha value is -0.640. The van der Waals surface area contributed by atoms with E-state index in [4.69, 9.17) is 4.74 Å². The van der Waals surface area contributed by atoms with Gasteiger partial charge >= 0.3 is 0 Å². The summed E-state index contributed by atoms with van der Waals surface area (Å²) in [6.45, 7) is 18.7. The summed E-state index contributed by atoms with van der Waals surface area (Å²) < 4.78 is 5.65. The van der Waals surface area contributed by atoms with Crippen LogP contribution in [-0.2, 0) is 4.74 Å². The number of hydrogen-bond acceptors (Lipinski definition) is 3. The van der Waals surface area contributed by atoms with Crippen LogP contribution < -0.4 is 0 Å². The fourth-order valence-electron chi connectivity index (χ4n) is 9.28.